The molecule has 22 heavy (non-hydrogen) atoms. The van der Waals surface area contributed by atoms with E-state index in [-0.39, 0.29) is 30.0 Å². The molecule has 0 unspecified atom stereocenters. The number of halogens is 6. The van der Waals surface area contributed by atoms with E-state index < -0.39 is 35.8 Å². The molecule has 1 aliphatic heterocycles. The van der Waals surface area contributed by atoms with Gasteiger partial charge in [-0.3, -0.25) is 4.90 Å². The van der Waals surface area contributed by atoms with Crippen LogP contribution < -0.4 is 5.32 Å². The summed E-state index contributed by atoms with van der Waals surface area (Å²) in [6.07, 6.45) is 0. The molecule has 2 N–H and O–H groups in total. The van der Waals surface area contributed by atoms with Crippen LogP contribution in [0.25, 0.3) is 0 Å². The Morgan fingerprint density at radius 3 is 2.41 bits per heavy atom. The molecule has 0 spiro atoms. The molecule has 9 heteroatoms. The summed E-state index contributed by atoms with van der Waals surface area (Å²) < 4.78 is 56.3. The quantitative estimate of drug-likeness (QED) is 0.595. The van der Waals surface area contributed by atoms with E-state index in [0.717, 1.165) is 12.1 Å². The van der Waals surface area contributed by atoms with Crippen LogP contribution in [0.5, 0.6) is 0 Å². The number of aliphatic hydroxyl groups excluding tert-OH is 1. The van der Waals surface area contributed by atoms with Crippen molar-refractivity contribution in [2.75, 3.05) is 32.8 Å². The van der Waals surface area contributed by atoms with Gasteiger partial charge in [0.25, 0.3) is 5.92 Å². The van der Waals surface area contributed by atoms with Crippen molar-refractivity contribution in [1.82, 2.24) is 10.2 Å². The van der Waals surface area contributed by atoms with Gasteiger partial charge in [0.2, 0.25) is 0 Å². The second-order valence-electron chi connectivity index (χ2n) is 4.86. The molecule has 0 bridgehead atoms. The fourth-order valence-electron chi connectivity index (χ4n) is 2.48. The van der Waals surface area contributed by atoms with Gasteiger partial charge in [-0.25, -0.2) is 17.6 Å². The van der Waals surface area contributed by atoms with Gasteiger partial charge in [0.1, 0.15) is 24.3 Å². The highest BCUT2D eigenvalue weighted by Gasteiger charge is 2.46. The average molecular weight is 408 g/mol. The normalized spacial score (nSPS) is 17.9. The van der Waals surface area contributed by atoms with Crippen LogP contribution in [0, 0.1) is 11.6 Å². The maximum atomic E-state index is 14.2. The van der Waals surface area contributed by atoms with Gasteiger partial charge in [-0.2, -0.15) is 0 Å². The Kier molecular flexibility index (Phi) is 7.07. The summed E-state index contributed by atoms with van der Waals surface area (Å²) in [6, 6.07) is 0.215. The van der Waals surface area contributed by atoms with Crippen molar-refractivity contribution in [2.24, 2.45) is 0 Å². The smallest absolute Gasteiger partial charge is 0.290 e. The lowest BCUT2D eigenvalue weighted by atomic mass is 9.97. The summed E-state index contributed by atoms with van der Waals surface area (Å²) in [5, 5.41) is 11.9. The fourth-order valence-corrected chi connectivity index (χ4v) is 2.83. The minimum absolute atomic E-state index is 0. The van der Waals surface area contributed by atoms with Crippen LogP contribution >= 0.6 is 28.3 Å². The van der Waals surface area contributed by atoms with E-state index in [1.165, 1.54) is 4.90 Å². The monoisotopic (exact) mass is 406 g/mol. The predicted octanol–water partition coefficient (Wildman–Crippen LogP) is 2.72. The van der Waals surface area contributed by atoms with Gasteiger partial charge in [0.15, 0.2) is 0 Å². The Bertz CT molecular complexity index is 515. The summed E-state index contributed by atoms with van der Waals surface area (Å²) in [4.78, 5) is 1.29. The standard InChI is InChI=1S/C13H15BrF4N2O.ClH/c14-8-1-2-9(15)10(11(8)16)12(13(17,18)7-21)20-5-3-19-4-6-20;/h1-2,12,19,21H,3-7H2;1H/t12-;/m0./s1. The molecular weight excluding hydrogens is 392 g/mol. The molecule has 1 aliphatic rings. The summed E-state index contributed by atoms with van der Waals surface area (Å²) in [7, 11) is 0. The Hall–Kier alpha value is -0.410. The number of hydrogen-bond acceptors (Lipinski definition) is 3. The lowest BCUT2D eigenvalue weighted by Gasteiger charge is -2.39. The molecule has 0 radical (unpaired) electrons. The Labute approximate surface area is 140 Å². The van der Waals surface area contributed by atoms with Crippen LogP contribution in [0.15, 0.2) is 16.6 Å². The van der Waals surface area contributed by atoms with Crippen molar-refractivity contribution in [3.8, 4) is 0 Å². The Balaban J connectivity index is 0.00000242. The number of piperazine rings is 1. The zero-order valence-corrected chi connectivity index (χ0v) is 13.9. The molecule has 1 fully saturated rings. The maximum absolute atomic E-state index is 14.2. The third-order valence-electron chi connectivity index (χ3n) is 3.48. The third kappa shape index (κ3) is 3.91. The second-order valence-corrected chi connectivity index (χ2v) is 5.72. The average Bonchev–Trinajstić information content (AvgIpc) is 2.48. The number of nitrogens with one attached hydrogen (secondary N) is 1. The molecule has 0 aliphatic carbocycles. The van der Waals surface area contributed by atoms with Crippen molar-refractivity contribution in [1.29, 1.82) is 0 Å². The van der Waals surface area contributed by atoms with Crippen LogP contribution in [0.1, 0.15) is 11.6 Å². The fraction of sp³-hybridized carbons (Fsp3) is 0.538. The van der Waals surface area contributed by atoms with Crippen LogP contribution in [0.3, 0.4) is 0 Å². The summed E-state index contributed by atoms with van der Waals surface area (Å²) >= 11 is 2.88. The number of alkyl halides is 2. The van der Waals surface area contributed by atoms with Crippen LogP contribution in [-0.2, 0) is 0 Å². The highest BCUT2D eigenvalue weighted by atomic mass is 79.9. The molecule has 0 saturated carbocycles. The largest absolute Gasteiger partial charge is 0.390 e. The minimum atomic E-state index is -3.65. The third-order valence-corrected chi connectivity index (χ3v) is 4.09. The topological polar surface area (TPSA) is 35.5 Å². The number of benzene rings is 1. The number of rotatable bonds is 4. The van der Waals surface area contributed by atoms with E-state index in [0.29, 0.717) is 13.1 Å². The number of aliphatic hydroxyl groups is 1. The molecule has 1 atom stereocenters. The van der Waals surface area contributed by atoms with Gasteiger partial charge in [-0.15, -0.1) is 12.4 Å². The van der Waals surface area contributed by atoms with Gasteiger partial charge in [0.05, 0.1) is 4.47 Å². The van der Waals surface area contributed by atoms with Crippen molar-refractivity contribution in [2.45, 2.75) is 12.0 Å². The van der Waals surface area contributed by atoms with E-state index in [9.17, 15) is 17.6 Å². The molecule has 2 rings (SSSR count). The molecule has 0 aromatic heterocycles. The Morgan fingerprint density at radius 2 is 1.86 bits per heavy atom. The molecule has 3 nitrogen and oxygen atoms in total. The molecule has 126 valence electrons. The lowest BCUT2D eigenvalue weighted by Crippen LogP contribution is -2.51. The first-order valence-corrected chi connectivity index (χ1v) is 7.24. The summed E-state index contributed by atoms with van der Waals surface area (Å²) in [5.41, 5.74) is -0.717. The summed E-state index contributed by atoms with van der Waals surface area (Å²) in [5.74, 6) is -5.76. The van der Waals surface area contributed by atoms with E-state index in [1.54, 1.807) is 0 Å². The SMILES string of the molecule is Cl.OCC(F)(F)[C@H](c1c(F)ccc(Br)c1F)N1CCNCC1. The highest BCUT2D eigenvalue weighted by Crippen LogP contribution is 2.40. The summed E-state index contributed by atoms with van der Waals surface area (Å²) in [6.45, 7) is -0.172. The number of nitrogens with zero attached hydrogens (tertiary/aromatic N) is 1. The van der Waals surface area contributed by atoms with Crippen molar-refractivity contribution in [3.05, 3.63) is 33.8 Å². The van der Waals surface area contributed by atoms with Crippen LogP contribution in [0.2, 0.25) is 0 Å². The van der Waals surface area contributed by atoms with Crippen LogP contribution in [-0.4, -0.2) is 48.7 Å². The number of hydrogen-bond donors (Lipinski definition) is 2. The van der Waals surface area contributed by atoms with E-state index in [2.05, 4.69) is 21.2 Å². The van der Waals surface area contributed by atoms with Crippen molar-refractivity contribution < 1.29 is 22.7 Å². The first-order valence-electron chi connectivity index (χ1n) is 6.45. The van der Waals surface area contributed by atoms with E-state index in [1.807, 2.05) is 0 Å². The minimum Gasteiger partial charge on any atom is -0.390 e. The van der Waals surface area contributed by atoms with Gasteiger partial charge < -0.3 is 10.4 Å². The maximum Gasteiger partial charge on any atom is 0.290 e. The molecule has 1 aromatic rings. The molecule has 1 heterocycles. The first-order chi connectivity index (χ1) is 9.88. The van der Waals surface area contributed by atoms with Gasteiger partial charge >= 0.3 is 0 Å². The van der Waals surface area contributed by atoms with Gasteiger partial charge in [-0.05, 0) is 28.1 Å². The Morgan fingerprint density at radius 1 is 1.27 bits per heavy atom. The molecule has 1 saturated heterocycles. The molecule has 1 aromatic carbocycles. The lowest BCUT2D eigenvalue weighted by molar-refractivity contribution is -0.120. The zero-order valence-electron chi connectivity index (χ0n) is 11.5. The first kappa shape index (κ1) is 19.6. The van der Waals surface area contributed by atoms with Crippen molar-refractivity contribution >= 4 is 28.3 Å². The van der Waals surface area contributed by atoms with Gasteiger partial charge in [0, 0.05) is 31.7 Å². The zero-order chi connectivity index (χ0) is 15.6. The van der Waals surface area contributed by atoms with Crippen LogP contribution in [0.4, 0.5) is 17.6 Å². The molecule has 0 amide bonds. The second kappa shape index (κ2) is 7.92. The van der Waals surface area contributed by atoms with Gasteiger partial charge in [-0.1, -0.05) is 0 Å². The van der Waals surface area contributed by atoms with E-state index >= 15 is 0 Å². The highest BCUT2D eigenvalue weighted by molar-refractivity contribution is 9.10. The van der Waals surface area contributed by atoms with E-state index in [4.69, 9.17) is 5.11 Å². The molecular formula is C13H16BrClF4N2O. The van der Waals surface area contributed by atoms with Crippen molar-refractivity contribution in [3.63, 3.8) is 0 Å². The predicted molar refractivity (Wildman–Crippen MR) is 80.5 cm³/mol.